The molecule has 0 atom stereocenters. The van der Waals surface area contributed by atoms with E-state index in [9.17, 15) is 9.59 Å². The van der Waals surface area contributed by atoms with E-state index in [0.29, 0.717) is 0 Å². The van der Waals surface area contributed by atoms with Crippen LogP contribution in [0.3, 0.4) is 0 Å². The van der Waals surface area contributed by atoms with Crippen LogP contribution in [0.25, 0.3) is 0 Å². The highest BCUT2D eigenvalue weighted by Crippen LogP contribution is 2.26. The lowest BCUT2D eigenvalue weighted by atomic mass is 9.94. The van der Waals surface area contributed by atoms with Crippen molar-refractivity contribution in [2.45, 2.75) is 91.3 Å². The van der Waals surface area contributed by atoms with Crippen LogP contribution in [0, 0.1) is 0 Å². The molecule has 4 heteroatoms. The highest BCUT2D eigenvalue weighted by atomic mass is 16.6. The van der Waals surface area contributed by atoms with Crippen LogP contribution in [0.1, 0.15) is 80.1 Å². The third kappa shape index (κ3) is 5.82. The third-order valence-electron chi connectivity index (χ3n) is 4.86. The van der Waals surface area contributed by atoms with Gasteiger partial charge in [-0.2, -0.15) is 0 Å². The van der Waals surface area contributed by atoms with E-state index in [0.717, 1.165) is 38.5 Å². The number of ether oxygens (including phenoxy) is 2. The van der Waals surface area contributed by atoms with Crippen molar-refractivity contribution >= 4 is 11.9 Å². The largest absolute Gasteiger partial charge is 0.456 e. The molecule has 0 aliphatic carbocycles. The van der Waals surface area contributed by atoms with Crippen LogP contribution in [0.2, 0.25) is 0 Å². The lowest BCUT2D eigenvalue weighted by Gasteiger charge is -2.30. The maximum atomic E-state index is 11.9. The topological polar surface area (TPSA) is 52.6 Å². The van der Waals surface area contributed by atoms with E-state index in [1.165, 1.54) is 12.2 Å². The second kappa shape index (κ2) is 9.65. The van der Waals surface area contributed by atoms with Crippen molar-refractivity contribution in [3.63, 3.8) is 0 Å². The summed E-state index contributed by atoms with van der Waals surface area (Å²) in [7, 11) is 0. The molecular formula is C18H32O4. The fraction of sp³-hybridized carbons (Fsp3) is 0.778. The Morgan fingerprint density at radius 3 is 1.05 bits per heavy atom. The van der Waals surface area contributed by atoms with Crippen molar-refractivity contribution in [2.75, 3.05) is 0 Å². The fourth-order valence-corrected chi connectivity index (χ4v) is 2.56. The molecule has 0 spiro atoms. The van der Waals surface area contributed by atoms with E-state index in [4.69, 9.17) is 9.47 Å². The van der Waals surface area contributed by atoms with Gasteiger partial charge in [-0.05, 0) is 38.5 Å². The van der Waals surface area contributed by atoms with Crippen LogP contribution in [0.5, 0.6) is 0 Å². The SMILES string of the molecule is CCC(CC)(CC)OC(=O)/C=C/C(=O)OC(CC)(CC)CC. The Labute approximate surface area is 135 Å². The Morgan fingerprint density at radius 2 is 0.864 bits per heavy atom. The summed E-state index contributed by atoms with van der Waals surface area (Å²) in [6.07, 6.45) is 6.89. The van der Waals surface area contributed by atoms with Crippen molar-refractivity contribution < 1.29 is 19.1 Å². The average Bonchev–Trinajstić information content (AvgIpc) is 2.56. The smallest absolute Gasteiger partial charge is 0.331 e. The summed E-state index contributed by atoms with van der Waals surface area (Å²) in [5.41, 5.74) is -0.878. The second-order valence-corrected chi connectivity index (χ2v) is 5.66. The number of carbonyl (C=O) groups is 2. The highest BCUT2D eigenvalue weighted by Gasteiger charge is 2.29. The summed E-state index contributed by atoms with van der Waals surface area (Å²) in [4.78, 5) is 23.8. The number of carbonyl (C=O) groups excluding carboxylic acids is 2. The minimum absolute atomic E-state index is 0.439. The first kappa shape index (κ1) is 20.7. The molecule has 0 amide bonds. The Hall–Kier alpha value is -1.32. The van der Waals surface area contributed by atoms with Crippen LogP contribution < -0.4 is 0 Å². The van der Waals surface area contributed by atoms with Gasteiger partial charge in [-0.1, -0.05) is 41.5 Å². The van der Waals surface area contributed by atoms with Crippen LogP contribution in [0.4, 0.5) is 0 Å². The molecule has 0 bridgehead atoms. The van der Waals surface area contributed by atoms with Gasteiger partial charge in [0.1, 0.15) is 11.2 Å². The molecule has 0 aromatic carbocycles. The van der Waals surface area contributed by atoms with Gasteiger partial charge < -0.3 is 9.47 Å². The molecule has 0 rings (SSSR count). The zero-order valence-electron chi connectivity index (χ0n) is 15.0. The number of hydrogen-bond donors (Lipinski definition) is 0. The lowest BCUT2D eigenvalue weighted by molar-refractivity contribution is -0.157. The fourth-order valence-electron chi connectivity index (χ4n) is 2.56. The zero-order valence-corrected chi connectivity index (χ0v) is 15.0. The van der Waals surface area contributed by atoms with E-state index in [1.807, 2.05) is 41.5 Å². The van der Waals surface area contributed by atoms with Gasteiger partial charge in [0.15, 0.2) is 0 Å². The van der Waals surface area contributed by atoms with E-state index < -0.39 is 23.1 Å². The first-order chi connectivity index (χ1) is 10.4. The van der Waals surface area contributed by atoms with E-state index in [2.05, 4.69) is 0 Å². The molecule has 0 aromatic heterocycles. The first-order valence-corrected chi connectivity index (χ1v) is 8.50. The highest BCUT2D eigenvalue weighted by molar-refractivity contribution is 5.92. The number of esters is 2. The van der Waals surface area contributed by atoms with Crippen LogP contribution >= 0.6 is 0 Å². The minimum atomic E-state index is -0.488. The maximum Gasteiger partial charge on any atom is 0.331 e. The van der Waals surface area contributed by atoms with Gasteiger partial charge in [0.2, 0.25) is 0 Å². The van der Waals surface area contributed by atoms with Gasteiger partial charge in [0.05, 0.1) is 0 Å². The molecule has 0 N–H and O–H groups in total. The molecule has 0 fully saturated rings. The molecule has 4 nitrogen and oxygen atoms in total. The van der Waals surface area contributed by atoms with Crippen molar-refractivity contribution in [3.05, 3.63) is 12.2 Å². The van der Waals surface area contributed by atoms with Crippen molar-refractivity contribution in [1.29, 1.82) is 0 Å². The Morgan fingerprint density at radius 1 is 0.636 bits per heavy atom. The second-order valence-electron chi connectivity index (χ2n) is 5.66. The minimum Gasteiger partial charge on any atom is -0.456 e. The van der Waals surface area contributed by atoms with Crippen molar-refractivity contribution in [1.82, 2.24) is 0 Å². The normalized spacial score (nSPS) is 12.5. The quantitative estimate of drug-likeness (QED) is 0.438. The van der Waals surface area contributed by atoms with E-state index in [-0.39, 0.29) is 0 Å². The van der Waals surface area contributed by atoms with E-state index in [1.54, 1.807) is 0 Å². The predicted molar refractivity (Wildman–Crippen MR) is 88.5 cm³/mol. The van der Waals surface area contributed by atoms with Crippen LogP contribution in [-0.4, -0.2) is 23.1 Å². The summed E-state index contributed by atoms with van der Waals surface area (Å²) in [5, 5.41) is 0. The van der Waals surface area contributed by atoms with Gasteiger partial charge in [0.25, 0.3) is 0 Å². The Bertz CT molecular complexity index is 324. The summed E-state index contributed by atoms with van der Waals surface area (Å²) in [5.74, 6) is -0.977. The summed E-state index contributed by atoms with van der Waals surface area (Å²) >= 11 is 0. The third-order valence-corrected chi connectivity index (χ3v) is 4.86. The standard InChI is InChI=1S/C18H32O4/c1-7-17(8-2,9-3)21-15(19)13-14-16(20)22-18(10-4,11-5)12-6/h13-14H,7-12H2,1-6H3/b14-13+. The van der Waals surface area contributed by atoms with E-state index >= 15 is 0 Å². The monoisotopic (exact) mass is 312 g/mol. The van der Waals surface area contributed by atoms with Crippen molar-refractivity contribution in [2.24, 2.45) is 0 Å². The predicted octanol–water partition coefficient (Wildman–Crippen LogP) is 4.57. The van der Waals surface area contributed by atoms with Gasteiger partial charge in [0, 0.05) is 12.2 Å². The Balaban J connectivity index is 4.71. The van der Waals surface area contributed by atoms with Crippen molar-refractivity contribution in [3.8, 4) is 0 Å². The number of hydrogen-bond acceptors (Lipinski definition) is 4. The first-order valence-electron chi connectivity index (χ1n) is 8.50. The number of rotatable bonds is 10. The zero-order chi connectivity index (χ0) is 17.2. The molecule has 0 aliphatic rings. The van der Waals surface area contributed by atoms with Gasteiger partial charge in [-0.25, -0.2) is 9.59 Å². The summed E-state index contributed by atoms with van der Waals surface area (Å²) in [6, 6.07) is 0. The molecular weight excluding hydrogens is 280 g/mol. The maximum absolute atomic E-state index is 11.9. The molecule has 22 heavy (non-hydrogen) atoms. The molecule has 128 valence electrons. The van der Waals surface area contributed by atoms with Crippen LogP contribution in [-0.2, 0) is 19.1 Å². The molecule has 0 saturated carbocycles. The lowest BCUT2D eigenvalue weighted by Crippen LogP contribution is -2.33. The molecule has 0 unspecified atom stereocenters. The van der Waals surface area contributed by atoms with Gasteiger partial charge in [-0.15, -0.1) is 0 Å². The summed E-state index contributed by atoms with van der Waals surface area (Å²) in [6.45, 7) is 12.0. The van der Waals surface area contributed by atoms with Gasteiger partial charge in [-0.3, -0.25) is 0 Å². The average molecular weight is 312 g/mol. The van der Waals surface area contributed by atoms with Crippen LogP contribution in [0.15, 0.2) is 12.2 Å². The molecule has 0 saturated heterocycles. The van der Waals surface area contributed by atoms with Gasteiger partial charge >= 0.3 is 11.9 Å². The summed E-state index contributed by atoms with van der Waals surface area (Å²) < 4.78 is 11.0. The Kier molecular flexibility index (Phi) is 9.07. The molecule has 0 heterocycles. The molecule has 0 aliphatic heterocycles. The molecule has 0 radical (unpaired) electrons. The molecule has 0 aromatic rings.